The zero-order chi connectivity index (χ0) is 14.1. The van der Waals surface area contributed by atoms with E-state index in [0.29, 0.717) is 0 Å². The zero-order valence-corrected chi connectivity index (χ0v) is 10.5. The van der Waals surface area contributed by atoms with Gasteiger partial charge in [0.05, 0.1) is 12.7 Å². The Morgan fingerprint density at radius 3 is 2.50 bits per heavy atom. The third kappa shape index (κ3) is 4.78. The van der Waals surface area contributed by atoms with Crippen molar-refractivity contribution in [3.8, 4) is 0 Å². The van der Waals surface area contributed by atoms with E-state index in [2.05, 4.69) is 18.3 Å². The minimum Gasteiger partial charge on any atom is -0.497 e. The molecule has 0 aromatic carbocycles. The van der Waals surface area contributed by atoms with Gasteiger partial charge in [-0.1, -0.05) is 18.7 Å². The van der Waals surface area contributed by atoms with Gasteiger partial charge in [-0.3, -0.25) is 9.79 Å². The van der Waals surface area contributed by atoms with Crippen molar-refractivity contribution in [3.05, 3.63) is 36.1 Å². The van der Waals surface area contributed by atoms with Crippen LogP contribution in [0.1, 0.15) is 13.3 Å². The summed E-state index contributed by atoms with van der Waals surface area (Å²) in [5.41, 5.74) is 0.227. The summed E-state index contributed by atoms with van der Waals surface area (Å²) in [6.07, 6.45) is 4.63. The molecule has 0 bridgehead atoms. The Morgan fingerprint density at radius 2 is 2.11 bits per heavy atom. The van der Waals surface area contributed by atoms with Crippen LogP contribution in [-0.2, 0) is 14.3 Å². The Balaban J connectivity index is 5.04. The van der Waals surface area contributed by atoms with Crippen molar-refractivity contribution < 1.29 is 19.4 Å². The Morgan fingerprint density at radius 1 is 1.50 bits per heavy atom. The maximum atomic E-state index is 11.9. The molecule has 0 saturated heterocycles. The van der Waals surface area contributed by atoms with Crippen LogP contribution in [0.5, 0.6) is 0 Å². The van der Waals surface area contributed by atoms with E-state index in [1.54, 1.807) is 19.1 Å². The third-order valence-electron chi connectivity index (χ3n) is 2.19. The number of ketones is 1. The number of carbonyl (C=O) groups excluding carboxylic acids is 1. The van der Waals surface area contributed by atoms with Gasteiger partial charge in [-0.25, -0.2) is 4.79 Å². The quantitative estimate of drug-likeness (QED) is 0.309. The molecule has 18 heavy (non-hydrogen) atoms. The highest BCUT2D eigenvalue weighted by atomic mass is 16.5. The molecule has 0 aliphatic rings. The van der Waals surface area contributed by atoms with Gasteiger partial charge in [0.25, 0.3) is 0 Å². The lowest BCUT2D eigenvalue weighted by atomic mass is 10.0. The molecule has 5 heteroatoms. The van der Waals surface area contributed by atoms with Crippen molar-refractivity contribution >= 4 is 18.5 Å². The van der Waals surface area contributed by atoms with Gasteiger partial charge < -0.3 is 9.84 Å². The Labute approximate surface area is 106 Å². The lowest BCUT2D eigenvalue weighted by Crippen LogP contribution is -2.22. The van der Waals surface area contributed by atoms with Gasteiger partial charge in [-0.2, -0.15) is 0 Å². The SMILES string of the molecule is C=NC(CC(=O)/C(=C/C=C\C)C(=C)OC)C(=O)O. The molecule has 0 saturated carbocycles. The number of aliphatic carboxylic acids is 1. The average Bonchev–Trinajstić information content (AvgIpc) is 2.35. The van der Waals surface area contributed by atoms with Crippen LogP contribution in [0.4, 0.5) is 0 Å². The summed E-state index contributed by atoms with van der Waals surface area (Å²) in [6.45, 7) is 8.53. The lowest BCUT2D eigenvalue weighted by molar-refractivity contribution is -0.139. The zero-order valence-electron chi connectivity index (χ0n) is 10.5. The Hall–Kier alpha value is -2.17. The number of hydrogen-bond acceptors (Lipinski definition) is 4. The van der Waals surface area contributed by atoms with Crippen LogP contribution in [0, 0.1) is 0 Å². The van der Waals surface area contributed by atoms with E-state index in [9.17, 15) is 9.59 Å². The van der Waals surface area contributed by atoms with Crippen LogP contribution >= 0.6 is 0 Å². The summed E-state index contributed by atoms with van der Waals surface area (Å²) in [6, 6.07) is -1.16. The van der Waals surface area contributed by atoms with Crippen molar-refractivity contribution in [2.24, 2.45) is 4.99 Å². The predicted octanol–water partition coefficient (Wildman–Crippen LogP) is 1.76. The van der Waals surface area contributed by atoms with Gasteiger partial charge in [0, 0.05) is 6.42 Å². The van der Waals surface area contributed by atoms with E-state index in [4.69, 9.17) is 9.84 Å². The maximum Gasteiger partial charge on any atom is 0.328 e. The number of ether oxygens (including phenoxy) is 1. The summed E-state index contributed by atoms with van der Waals surface area (Å²) in [5.74, 6) is -1.40. The minimum atomic E-state index is -1.19. The van der Waals surface area contributed by atoms with Crippen molar-refractivity contribution in [3.63, 3.8) is 0 Å². The third-order valence-corrected chi connectivity index (χ3v) is 2.19. The molecule has 0 heterocycles. The lowest BCUT2D eigenvalue weighted by Gasteiger charge is -2.10. The summed E-state index contributed by atoms with van der Waals surface area (Å²) in [4.78, 5) is 26.1. The van der Waals surface area contributed by atoms with Gasteiger partial charge in [0.2, 0.25) is 0 Å². The highest BCUT2D eigenvalue weighted by molar-refractivity contribution is 6.01. The second-order valence-electron chi connectivity index (χ2n) is 3.40. The molecular weight excluding hydrogens is 234 g/mol. The van der Waals surface area contributed by atoms with Crippen molar-refractivity contribution in [1.29, 1.82) is 0 Å². The molecule has 0 fully saturated rings. The smallest absolute Gasteiger partial charge is 0.328 e. The van der Waals surface area contributed by atoms with E-state index >= 15 is 0 Å². The van der Waals surface area contributed by atoms with Crippen molar-refractivity contribution in [2.45, 2.75) is 19.4 Å². The van der Waals surface area contributed by atoms with Crippen LogP contribution in [0.2, 0.25) is 0 Å². The van der Waals surface area contributed by atoms with Gasteiger partial charge in [0.1, 0.15) is 5.76 Å². The van der Waals surface area contributed by atoms with E-state index in [-0.39, 0.29) is 17.8 Å². The number of nitrogens with zero attached hydrogens (tertiary/aromatic N) is 1. The van der Waals surface area contributed by atoms with Crippen LogP contribution < -0.4 is 0 Å². The second kappa shape index (κ2) is 8.00. The first-order valence-electron chi connectivity index (χ1n) is 5.26. The second-order valence-corrected chi connectivity index (χ2v) is 3.40. The number of Topliss-reactive ketones (excluding diaryl/α,β-unsaturated/α-hetero) is 1. The molecule has 0 aliphatic heterocycles. The fraction of sp³-hybridized carbons (Fsp3) is 0.308. The van der Waals surface area contributed by atoms with Crippen LogP contribution in [0.3, 0.4) is 0 Å². The molecule has 1 N–H and O–H groups in total. The summed E-state index contributed by atoms with van der Waals surface area (Å²) < 4.78 is 4.90. The van der Waals surface area contributed by atoms with Crippen LogP contribution in [0.15, 0.2) is 41.1 Å². The highest BCUT2D eigenvalue weighted by Crippen LogP contribution is 2.14. The van der Waals surface area contributed by atoms with Gasteiger partial charge in [0.15, 0.2) is 11.8 Å². The number of aliphatic imine (C=N–C) groups is 1. The summed E-state index contributed by atoms with van der Waals surface area (Å²) in [5, 5.41) is 8.80. The molecule has 98 valence electrons. The summed E-state index contributed by atoms with van der Waals surface area (Å²) >= 11 is 0. The van der Waals surface area contributed by atoms with Crippen molar-refractivity contribution in [2.75, 3.05) is 7.11 Å². The van der Waals surface area contributed by atoms with E-state index in [1.165, 1.54) is 13.2 Å². The minimum absolute atomic E-state index is 0.186. The molecular formula is C13H17NO4. The van der Waals surface area contributed by atoms with Gasteiger partial charge in [-0.15, -0.1) is 0 Å². The average molecular weight is 251 g/mol. The van der Waals surface area contributed by atoms with Gasteiger partial charge >= 0.3 is 5.97 Å². The predicted molar refractivity (Wildman–Crippen MR) is 69.6 cm³/mol. The number of carbonyl (C=O) groups is 2. The number of hydrogen-bond donors (Lipinski definition) is 1. The molecule has 0 radical (unpaired) electrons. The molecule has 1 unspecified atom stereocenters. The summed E-state index contributed by atoms with van der Waals surface area (Å²) in [7, 11) is 1.39. The standard InChI is InChI=1S/C13H17NO4/c1-5-6-7-10(9(2)18-4)12(15)8-11(14-3)13(16)17/h5-7,11H,2-3,8H2,1,4H3,(H,16,17)/b6-5-,10-7+. The molecule has 0 aromatic rings. The molecule has 0 aliphatic carbocycles. The van der Waals surface area contributed by atoms with Crippen molar-refractivity contribution in [1.82, 2.24) is 0 Å². The largest absolute Gasteiger partial charge is 0.497 e. The highest BCUT2D eigenvalue weighted by Gasteiger charge is 2.22. The molecule has 5 nitrogen and oxygen atoms in total. The molecule has 0 rings (SSSR count). The topological polar surface area (TPSA) is 76.0 Å². The van der Waals surface area contributed by atoms with Crippen LogP contribution in [-0.4, -0.2) is 36.7 Å². The fourth-order valence-corrected chi connectivity index (χ4v) is 1.16. The number of rotatable bonds is 8. The molecule has 1 atom stereocenters. The molecule has 0 aromatic heterocycles. The van der Waals surface area contributed by atoms with E-state index in [1.807, 2.05) is 0 Å². The van der Waals surface area contributed by atoms with Gasteiger partial charge in [-0.05, 0) is 19.7 Å². The normalized spacial score (nSPS) is 13.1. The monoisotopic (exact) mass is 251 g/mol. The number of carboxylic acids is 1. The number of allylic oxidation sites excluding steroid dienone is 4. The fourth-order valence-electron chi connectivity index (χ4n) is 1.16. The Bertz CT molecular complexity index is 407. The number of carboxylic acid groups (broad SMARTS) is 1. The first kappa shape index (κ1) is 15.8. The number of methoxy groups -OCH3 is 1. The first-order valence-corrected chi connectivity index (χ1v) is 5.26. The molecule has 0 amide bonds. The molecule has 0 spiro atoms. The van der Waals surface area contributed by atoms with E-state index < -0.39 is 17.8 Å². The first-order chi connectivity index (χ1) is 8.47. The van der Waals surface area contributed by atoms with Crippen LogP contribution in [0.25, 0.3) is 0 Å². The van der Waals surface area contributed by atoms with E-state index in [0.717, 1.165) is 0 Å². The Kier molecular flexibility index (Phi) is 7.04. The maximum absolute atomic E-state index is 11.9.